The number of hydrogen-bond acceptors (Lipinski definition) is 8. The Morgan fingerprint density at radius 3 is 2.51 bits per heavy atom. The number of carbonyl (C=O) groups is 2. The number of nitrogens with two attached hydrogens (primary N) is 1. The van der Waals surface area contributed by atoms with Crippen LogP contribution in [0, 0.1) is 11.8 Å². The summed E-state index contributed by atoms with van der Waals surface area (Å²) in [6.45, 7) is 1.53. The maximum atomic E-state index is 13.8. The Morgan fingerprint density at radius 1 is 0.959 bits per heavy atom. The molecule has 5 heterocycles. The fourth-order valence-corrected chi connectivity index (χ4v) is 8.15. The average molecular weight is 659 g/mol. The molecule has 3 aliphatic rings. The normalized spacial score (nSPS) is 20.3. The Kier molecular flexibility index (Phi) is 6.64. The van der Waals surface area contributed by atoms with Crippen LogP contribution in [-0.4, -0.2) is 78.5 Å². The van der Waals surface area contributed by atoms with Crippen LogP contribution in [-0.2, 0) is 25.4 Å². The van der Waals surface area contributed by atoms with E-state index in [2.05, 4.69) is 21.3 Å². The fraction of sp³-hybridized carbons (Fsp3) is 0.378. The molecule has 0 radical (unpaired) electrons. The smallest absolute Gasteiger partial charge is 0.337 e. The Labute approximate surface area is 282 Å². The first-order valence-electron chi connectivity index (χ1n) is 16.9. The number of piperidine rings is 1. The first-order valence-corrected chi connectivity index (χ1v) is 16.9. The molecule has 3 atom stereocenters. The molecule has 2 aromatic carbocycles. The number of benzene rings is 2. The number of amides is 1. The quantitative estimate of drug-likeness (QED) is 0.239. The highest BCUT2D eigenvalue weighted by Gasteiger charge is 2.47. The highest BCUT2D eigenvalue weighted by Crippen LogP contribution is 2.40. The van der Waals surface area contributed by atoms with Crippen LogP contribution in [0.5, 0.6) is 5.75 Å². The summed E-state index contributed by atoms with van der Waals surface area (Å²) in [5, 5.41) is 6.72. The van der Waals surface area contributed by atoms with Gasteiger partial charge in [0, 0.05) is 55.6 Å². The van der Waals surface area contributed by atoms with Crippen LogP contribution in [0.3, 0.4) is 0 Å². The van der Waals surface area contributed by atoms with Gasteiger partial charge in [-0.15, -0.1) is 0 Å². The monoisotopic (exact) mass is 658 g/mol. The van der Waals surface area contributed by atoms with Gasteiger partial charge in [0.2, 0.25) is 0 Å². The van der Waals surface area contributed by atoms with Gasteiger partial charge in [-0.25, -0.2) is 14.8 Å². The predicted molar refractivity (Wildman–Crippen MR) is 185 cm³/mol. The molecule has 1 amide bonds. The van der Waals surface area contributed by atoms with Crippen LogP contribution < -0.4 is 10.5 Å². The van der Waals surface area contributed by atoms with Crippen LogP contribution in [0.4, 0.5) is 0 Å². The number of imidazole rings is 1. The lowest BCUT2D eigenvalue weighted by atomic mass is 10.1. The van der Waals surface area contributed by atoms with Crippen molar-refractivity contribution in [3.8, 4) is 28.7 Å². The number of hydrogen-bond donors (Lipinski definition) is 1. The topological polar surface area (TPSA) is 135 Å². The van der Waals surface area contributed by atoms with Crippen LogP contribution in [0.15, 0.2) is 48.5 Å². The molecular formula is C37H38N8O4. The van der Waals surface area contributed by atoms with Crippen molar-refractivity contribution in [2.45, 2.75) is 44.3 Å². The Hall–Kier alpha value is -5.23. The van der Waals surface area contributed by atoms with Gasteiger partial charge in [-0.1, -0.05) is 0 Å². The zero-order chi connectivity index (χ0) is 33.7. The molecule has 12 heteroatoms. The molecule has 2 aliphatic carbocycles. The maximum absolute atomic E-state index is 13.8. The number of aromatic nitrogens is 6. The van der Waals surface area contributed by atoms with E-state index < -0.39 is 0 Å². The minimum atomic E-state index is -0.389. The van der Waals surface area contributed by atoms with Crippen LogP contribution in [0.25, 0.3) is 55.9 Å². The van der Waals surface area contributed by atoms with E-state index in [1.54, 1.807) is 23.9 Å². The number of nitrogens with zero attached hydrogens (tertiary/aromatic N) is 7. The largest absolute Gasteiger partial charge is 0.494 e. The summed E-state index contributed by atoms with van der Waals surface area (Å²) in [6.07, 6.45) is 4.40. The average Bonchev–Trinajstić information content (AvgIpc) is 3.31. The third-order valence-corrected chi connectivity index (χ3v) is 10.9. The summed E-state index contributed by atoms with van der Waals surface area (Å²) in [5.41, 5.74) is 13.1. The van der Waals surface area contributed by atoms with E-state index in [1.807, 2.05) is 43.3 Å². The summed E-state index contributed by atoms with van der Waals surface area (Å²) >= 11 is 0. The molecule has 250 valence electrons. The molecule has 2 bridgehead atoms. The molecule has 4 aromatic heterocycles. The van der Waals surface area contributed by atoms with Gasteiger partial charge in [0.25, 0.3) is 5.91 Å². The number of likely N-dealkylation sites (tertiary alicyclic amines) is 1. The van der Waals surface area contributed by atoms with Gasteiger partial charge in [0.15, 0.2) is 5.82 Å². The summed E-state index contributed by atoms with van der Waals surface area (Å²) in [7, 11) is 6.87. The van der Waals surface area contributed by atoms with Crippen molar-refractivity contribution in [2.75, 3.05) is 20.8 Å². The number of methoxy groups -OCH3 is 2. The SMILES string of the molecule is COC(=O)c1ccc2c(-c3ccc4cc(-c5nc6cc(C(=O)N7CC8CCC7[C@@H]8N)cc(OC)c6n5C)n(CC5CC5)c4n3)nn(C)c2c1. The second kappa shape index (κ2) is 10.9. The molecule has 1 saturated heterocycles. The van der Waals surface area contributed by atoms with Crippen molar-refractivity contribution in [1.82, 2.24) is 33.8 Å². The fourth-order valence-electron chi connectivity index (χ4n) is 8.15. The maximum Gasteiger partial charge on any atom is 0.337 e. The van der Waals surface area contributed by atoms with Gasteiger partial charge in [-0.3, -0.25) is 9.48 Å². The van der Waals surface area contributed by atoms with Crippen molar-refractivity contribution in [3.63, 3.8) is 0 Å². The van der Waals surface area contributed by atoms with E-state index in [9.17, 15) is 9.59 Å². The lowest BCUT2D eigenvalue weighted by molar-refractivity contribution is 0.0600. The van der Waals surface area contributed by atoms with Crippen LogP contribution >= 0.6 is 0 Å². The van der Waals surface area contributed by atoms with Crippen molar-refractivity contribution in [1.29, 1.82) is 0 Å². The minimum absolute atomic E-state index is 0.0156. The third kappa shape index (κ3) is 4.57. The Morgan fingerprint density at radius 2 is 1.80 bits per heavy atom. The molecule has 2 saturated carbocycles. The first-order chi connectivity index (χ1) is 23.7. The van der Waals surface area contributed by atoms with Crippen LogP contribution in [0.2, 0.25) is 0 Å². The molecule has 9 rings (SSSR count). The third-order valence-electron chi connectivity index (χ3n) is 10.9. The van der Waals surface area contributed by atoms with Gasteiger partial charge >= 0.3 is 5.97 Å². The molecule has 6 aromatic rings. The van der Waals surface area contributed by atoms with Crippen LogP contribution in [0.1, 0.15) is 46.4 Å². The van der Waals surface area contributed by atoms with E-state index >= 15 is 0 Å². The highest BCUT2D eigenvalue weighted by atomic mass is 16.5. The number of aryl methyl sites for hydroxylation is 2. The minimum Gasteiger partial charge on any atom is -0.494 e. The van der Waals surface area contributed by atoms with Gasteiger partial charge < -0.3 is 29.2 Å². The number of rotatable bonds is 7. The van der Waals surface area contributed by atoms with Crippen molar-refractivity contribution >= 4 is 44.8 Å². The standard InChI is InChI=1S/C37H38N8O4/c1-42-33-26(13-23(16-30(33)48-3)36(46)45-18-22-9-12-27(45)31(22)38)40-35(42)29-14-20-8-11-25(39-34(20)44(29)17-19-5-6-19)32-24-10-7-21(37(47)49-4)15-28(24)43(2)41-32/h7-8,10-11,13-16,19,22,27,31H,5-6,9,12,17-18,38H2,1-4H3/t22?,27?,31-/m1/s1. The van der Waals surface area contributed by atoms with E-state index in [4.69, 9.17) is 30.3 Å². The summed E-state index contributed by atoms with van der Waals surface area (Å²) in [4.78, 5) is 38.3. The van der Waals surface area contributed by atoms with Crippen molar-refractivity contribution in [2.24, 2.45) is 31.7 Å². The number of carbonyl (C=O) groups excluding carboxylic acids is 2. The van der Waals surface area contributed by atoms with Gasteiger partial charge in [-0.2, -0.15) is 5.10 Å². The Bertz CT molecular complexity index is 2350. The Balaban J connectivity index is 1.15. The highest BCUT2D eigenvalue weighted by molar-refractivity contribution is 6.01. The zero-order valence-corrected chi connectivity index (χ0v) is 28.0. The number of ether oxygens (including phenoxy) is 2. The number of esters is 1. The van der Waals surface area contributed by atoms with Crippen molar-refractivity contribution < 1.29 is 19.1 Å². The van der Waals surface area contributed by atoms with Gasteiger partial charge in [0.1, 0.15) is 22.6 Å². The zero-order valence-electron chi connectivity index (χ0n) is 28.0. The number of fused-ring (bicyclic) bond motifs is 5. The summed E-state index contributed by atoms with van der Waals surface area (Å²) in [5.74, 6) is 1.93. The van der Waals surface area contributed by atoms with E-state index in [-0.39, 0.29) is 24.0 Å². The van der Waals surface area contributed by atoms with E-state index in [0.29, 0.717) is 40.8 Å². The van der Waals surface area contributed by atoms with E-state index in [0.717, 1.165) is 69.7 Å². The molecular weight excluding hydrogens is 620 g/mol. The number of pyridine rings is 1. The first kappa shape index (κ1) is 29.9. The second-order valence-electron chi connectivity index (χ2n) is 13.9. The predicted octanol–water partition coefficient (Wildman–Crippen LogP) is 4.91. The molecule has 3 fully saturated rings. The van der Waals surface area contributed by atoms with Gasteiger partial charge in [-0.05, 0) is 86.1 Å². The molecule has 0 spiro atoms. The molecule has 12 nitrogen and oxygen atoms in total. The molecule has 1 aliphatic heterocycles. The lowest BCUT2D eigenvalue weighted by Gasteiger charge is -2.27. The second-order valence-corrected chi connectivity index (χ2v) is 13.9. The van der Waals surface area contributed by atoms with Gasteiger partial charge in [0.05, 0.1) is 42.2 Å². The molecule has 2 unspecified atom stereocenters. The van der Waals surface area contributed by atoms with E-state index in [1.165, 1.54) is 20.0 Å². The summed E-state index contributed by atoms with van der Waals surface area (Å²) in [6, 6.07) is 15.6. The lowest BCUT2D eigenvalue weighted by Crippen LogP contribution is -2.41. The summed E-state index contributed by atoms with van der Waals surface area (Å²) < 4.78 is 16.9. The van der Waals surface area contributed by atoms with Crippen molar-refractivity contribution in [3.05, 3.63) is 59.7 Å². The molecule has 49 heavy (non-hydrogen) atoms. The molecule has 2 N–H and O–H groups in total.